The first kappa shape index (κ1) is 9.13. The predicted octanol–water partition coefficient (Wildman–Crippen LogP) is 3.24. The average Bonchev–Trinajstić information content (AvgIpc) is 2.55. The van der Waals surface area contributed by atoms with E-state index in [1.54, 1.807) is 0 Å². The molecule has 0 aliphatic heterocycles. The van der Waals surface area contributed by atoms with E-state index in [2.05, 4.69) is 49.8 Å². The molecular formula is C12H16N2. The van der Waals surface area contributed by atoms with Crippen LogP contribution < -0.4 is 0 Å². The molecule has 74 valence electrons. The first-order valence-corrected chi connectivity index (χ1v) is 4.90. The molecule has 0 radical (unpaired) electrons. The van der Waals surface area contributed by atoms with E-state index in [4.69, 9.17) is 0 Å². The Morgan fingerprint density at radius 2 is 1.07 bits per heavy atom. The van der Waals surface area contributed by atoms with Gasteiger partial charge in [-0.2, -0.15) is 0 Å². The summed E-state index contributed by atoms with van der Waals surface area (Å²) in [5, 5.41) is 0. The van der Waals surface area contributed by atoms with Crippen LogP contribution in [-0.2, 0) is 0 Å². The van der Waals surface area contributed by atoms with Crippen LogP contribution in [0.4, 0.5) is 0 Å². The Morgan fingerprint density at radius 1 is 0.714 bits per heavy atom. The van der Waals surface area contributed by atoms with Gasteiger partial charge in [0.25, 0.3) is 0 Å². The molecule has 2 heteroatoms. The van der Waals surface area contributed by atoms with Crippen LogP contribution in [0.1, 0.15) is 22.8 Å². The molecule has 2 N–H and O–H groups in total. The summed E-state index contributed by atoms with van der Waals surface area (Å²) in [6.45, 7) is 8.41. The second kappa shape index (κ2) is 3.05. The zero-order valence-electron chi connectivity index (χ0n) is 9.15. The van der Waals surface area contributed by atoms with Crippen LogP contribution in [0.5, 0.6) is 0 Å². The van der Waals surface area contributed by atoms with Gasteiger partial charge >= 0.3 is 0 Å². The van der Waals surface area contributed by atoms with Gasteiger partial charge in [0, 0.05) is 33.9 Å². The molecule has 0 atom stereocenters. The van der Waals surface area contributed by atoms with Gasteiger partial charge in [-0.25, -0.2) is 0 Å². The SMILES string of the molecule is Cc1cc(-c2cc(C)[nH]c2C)c(C)[nH]1. The Balaban J connectivity index is 2.59. The Labute approximate surface area is 84.4 Å². The summed E-state index contributed by atoms with van der Waals surface area (Å²) in [6.07, 6.45) is 0. The summed E-state index contributed by atoms with van der Waals surface area (Å²) in [5.74, 6) is 0. The minimum Gasteiger partial charge on any atom is -0.362 e. The van der Waals surface area contributed by atoms with Gasteiger partial charge in [0.1, 0.15) is 0 Å². The molecule has 0 bridgehead atoms. The summed E-state index contributed by atoms with van der Waals surface area (Å²) >= 11 is 0. The maximum Gasteiger partial charge on any atom is 0.0197 e. The molecule has 0 aromatic carbocycles. The molecule has 14 heavy (non-hydrogen) atoms. The van der Waals surface area contributed by atoms with Crippen molar-refractivity contribution in [1.29, 1.82) is 0 Å². The molecule has 0 saturated heterocycles. The monoisotopic (exact) mass is 188 g/mol. The van der Waals surface area contributed by atoms with Gasteiger partial charge in [0.15, 0.2) is 0 Å². The predicted molar refractivity (Wildman–Crippen MR) is 59.5 cm³/mol. The third-order valence-electron chi connectivity index (χ3n) is 2.59. The zero-order chi connectivity index (χ0) is 10.3. The highest BCUT2D eigenvalue weighted by atomic mass is 14.7. The lowest BCUT2D eigenvalue weighted by molar-refractivity contribution is 1.18. The van der Waals surface area contributed by atoms with Gasteiger partial charge in [-0.1, -0.05) is 0 Å². The largest absolute Gasteiger partial charge is 0.362 e. The van der Waals surface area contributed by atoms with Crippen LogP contribution in [0.25, 0.3) is 11.1 Å². The third-order valence-corrected chi connectivity index (χ3v) is 2.59. The maximum atomic E-state index is 3.33. The highest BCUT2D eigenvalue weighted by Gasteiger charge is 2.09. The van der Waals surface area contributed by atoms with Crippen LogP contribution in [0.3, 0.4) is 0 Å². The molecule has 0 amide bonds. The van der Waals surface area contributed by atoms with Crippen molar-refractivity contribution in [3.05, 3.63) is 34.9 Å². The van der Waals surface area contributed by atoms with Crippen molar-refractivity contribution < 1.29 is 0 Å². The van der Waals surface area contributed by atoms with Crippen LogP contribution in [0.15, 0.2) is 12.1 Å². The molecule has 0 fully saturated rings. The van der Waals surface area contributed by atoms with Gasteiger partial charge in [-0.15, -0.1) is 0 Å². The van der Waals surface area contributed by atoms with Crippen molar-refractivity contribution in [2.45, 2.75) is 27.7 Å². The summed E-state index contributed by atoms with van der Waals surface area (Å²) < 4.78 is 0. The molecule has 2 heterocycles. The van der Waals surface area contributed by atoms with E-state index >= 15 is 0 Å². The van der Waals surface area contributed by atoms with E-state index < -0.39 is 0 Å². The molecular weight excluding hydrogens is 172 g/mol. The summed E-state index contributed by atoms with van der Waals surface area (Å²) in [6, 6.07) is 4.40. The smallest absolute Gasteiger partial charge is 0.0197 e. The number of rotatable bonds is 1. The number of hydrogen-bond donors (Lipinski definition) is 2. The van der Waals surface area contributed by atoms with Crippen molar-refractivity contribution in [3.8, 4) is 11.1 Å². The number of nitrogens with one attached hydrogen (secondary N) is 2. The lowest BCUT2D eigenvalue weighted by Gasteiger charge is -1.97. The first-order valence-electron chi connectivity index (χ1n) is 4.90. The molecule has 0 spiro atoms. The normalized spacial score (nSPS) is 10.9. The molecule has 2 aromatic rings. The highest BCUT2D eigenvalue weighted by Crippen LogP contribution is 2.27. The van der Waals surface area contributed by atoms with Crippen LogP contribution in [0.2, 0.25) is 0 Å². The van der Waals surface area contributed by atoms with Gasteiger partial charge < -0.3 is 9.97 Å². The fourth-order valence-corrected chi connectivity index (χ4v) is 2.01. The van der Waals surface area contributed by atoms with Crippen molar-refractivity contribution in [1.82, 2.24) is 9.97 Å². The Bertz CT molecular complexity index is 416. The van der Waals surface area contributed by atoms with Crippen LogP contribution in [0, 0.1) is 27.7 Å². The summed E-state index contributed by atoms with van der Waals surface area (Å²) in [5.41, 5.74) is 7.54. The minimum atomic E-state index is 1.22. The van der Waals surface area contributed by atoms with Gasteiger partial charge in [0.05, 0.1) is 0 Å². The summed E-state index contributed by atoms with van der Waals surface area (Å²) in [4.78, 5) is 6.66. The van der Waals surface area contributed by atoms with E-state index in [0.29, 0.717) is 0 Å². The fourth-order valence-electron chi connectivity index (χ4n) is 2.01. The van der Waals surface area contributed by atoms with E-state index in [9.17, 15) is 0 Å². The number of H-pyrrole nitrogens is 2. The summed E-state index contributed by atoms with van der Waals surface area (Å²) in [7, 11) is 0. The lowest BCUT2D eigenvalue weighted by Crippen LogP contribution is -1.79. The van der Waals surface area contributed by atoms with Crippen molar-refractivity contribution >= 4 is 0 Å². The van der Waals surface area contributed by atoms with Crippen molar-refractivity contribution in [2.24, 2.45) is 0 Å². The minimum absolute atomic E-state index is 1.22. The molecule has 0 aliphatic rings. The van der Waals surface area contributed by atoms with E-state index in [1.165, 1.54) is 33.9 Å². The van der Waals surface area contributed by atoms with Crippen molar-refractivity contribution in [3.63, 3.8) is 0 Å². The first-order chi connectivity index (χ1) is 6.58. The maximum absolute atomic E-state index is 3.33. The average molecular weight is 188 g/mol. The van der Waals surface area contributed by atoms with Gasteiger partial charge in [0.2, 0.25) is 0 Å². The van der Waals surface area contributed by atoms with E-state index in [0.717, 1.165) is 0 Å². The number of aromatic nitrogens is 2. The molecule has 0 aliphatic carbocycles. The van der Waals surface area contributed by atoms with Gasteiger partial charge in [-0.3, -0.25) is 0 Å². The van der Waals surface area contributed by atoms with Crippen molar-refractivity contribution in [2.75, 3.05) is 0 Å². The molecule has 0 unspecified atom stereocenters. The second-order valence-electron chi connectivity index (χ2n) is 3.98. The quantitative estimate of drug-likeness (QED) is 0.688. The van der Waals surface area contributed by atoms with E-state index in [1.807, 2.05) is 0 Å². The third kappa shape index (κ3) is 1.37. The van der Waals surface area contributed by atoms with Gasteiger partial charge in [-0.05, 0) is 39.8 Å². The Kier molecular flexibility index (Phi) is 1.99. The zero-order valence-corrected chi connectivity index (χ0v) is 9.15. The highest BCUT2D eigenvalue weighted by molar-refractivity contribution is 5.70. The standard InChI is InChI=1S/C12H16N2/c1-7-5-11(9(3)13-7)12-6-8(2)14-10(12)4/h5-6,13-14H,1-4H3. The number of aromatic amines is 2. The fraction of sp³-hybridized carbons (Fsp3) is 0.333. The lowest BCUT2D eigenvalue weighted by atomic mass is 10.1. The van der Waals surface area contributed by atoms with E-state index in [-0.39, 0.29) is 0 Å². The second-order valence-corrected chi connectivity index (χ2v) is 3.98. The molecule has 2 aromatic heterocycles. The molecule has 2 nitrogen and oxygen atoms in total. The Morgan fingerprint density at radius 3 is 1.29 bits per heavy atom. The molecule has 0 saturated carbocycles. The molecule has 2 rings (SSSR count). The van der Waals surface area contributed by atoms with Crippen LogP contribution in [-0.4, -0.2) is 9.97 Å². The topological polar surface area (TPSA) is 31.6 Å². The number of hydrogen-bond acceptors (Lipinski definition) is 0. The number of aryl methyl sites for hydroxylation is 4. The Hall–Kier alpha value is -1.44. The van der Waals surface area contributed by atoms with Crippen LogP contribution >= 0.6 is 0 Å².